The number of hydrogen-bond acceptors (Lipinski definition) is 6. The Balaban J connectivity index is 2.20. The Morgan fingerprint density at radius 1 is 1.48 bits per heavy atom. The fourth-order valence-electron chi connectivity index (χ4n) is 1.61. The Morgan fingerprint density at radius 2 is 2.19 bits per heavy atom. The molecule has 0 saturated heterocycles. The second-order valence-electron chi connectivity index (χ2n) is 4.41. The average Bonchev–Trinajstić information content (AvgIpc) is 2.81. The van der Waals surface area contributed by atoms with Crippen LogP contribution in [-0.2, 0) is 0 Å². The minimum absolute atomic E-state index is 0.111. The summed E-state index contributed by atoms with van der Waals surface area (Å²) < 4.78 is 18.4. The predicted molar refractivity (Wildman–Crippen MR) is 81.8 cm³/mol. The summed E-state index contributed by atoms with van der Waals surface area (Å²) in [4.78, 5) is 18.3. The molecule has 0 bridgehead atoms. The Morgan fingerprint density at radius 3 is 2.71 bits per heavy atom. The highest BCUT2D eigenvalue weighted by atomic mass is 32.1. The van der Waals surface area contributed by atoms with Crippen LogP contribution in [0.1, 0.15) is 9.67 Å². The van der Waals surface area contributed by atoms with Gasteiger partial charge in [0.25, 0.3) is 5.91 Å². The van der Waals surface area contributed by atoms with Crippen LogP contribution in [0.4, 0.5) is 21.0 Å². The lowest BCUT2D eigenvalue weighted by atomic mass is 10.3. The molecule has 0 aliphatic heterocycles. The van der Waals surface area contributed by atoms with Crippen LogP contribution in [0.2, 0.25) is 0 Å². The summed E-state index contributed by atoms with van der Waals surface area (Å²) in [5, 5.41) is 3.20. The monoisotopic (exact) mass is 310 g/mol. The van der Waals surface area contributed by atoms with Crippen LogP contribution in [0.15, 0.2) is 18.2 Å². The number of benzene rings is 1. The smallest absolute Gasteiger partial charge is 0.269 e. The van der Waals surface area contributed by atoms with Crippen molar-refractivity contribution in [2.45, 2.75) is 0 Å². The van der Waals surface area contributed by atoms with E-state index in [1.54, 1.807) is 25.1 Å². The summed E-state index contributed by atoms with van der Waals surface area (Å²) >= 11 is 1.17. The van der Waals surface area contributed by atoms with E-state index in [4.69, 9.17) is 10.5 Å². The highest BCUT2D eigenvalue weighted by molar-refractivity contribution is 7.18. The number of carbonyl (C=O) groups is 1. The molecule has 21 heavy (non-hydrogen) atoms. The molecule has 1 heterocycles. The zero-order valence-corrected chi connectivity index (χ0v) is 12.6. The van der Waals surface area contributed by atoms with Gasteiger partial charge in [0.05, 0.1) is 7.11 Å². The first-order chi connectivity index (χ1) is 9.92. The number of nitrogens with zero attached hydrogens (tertiary/aromatic N) is 2. The predicted octanol–water partition coefficient (Wildman–Crippen LogP) is 2.19. The molecule has 0 radical (unpaired) electrons. The third-order valence-corrected chi connectivity index (χ3v) is 3.88. The number of anilines is 3. The Labute approximate surface area is 125 Å². The molecule has 0 atom stereocenters. The number of nitrogens with one attached hydrogen (secondary N) is 1. The Bertz CT molecular complexity index is 672. The zero-order valence-electron chi connectivity index (χ0n) is 11.8. The molecule has 0 aliphatic carbocycles. The van der Waals surface area contributed by atoms with Gasteiger partial charge in [-0.2, -0.15) is 0 Å². The lowest BCUT2D eigenvalue weighted by molar-refractivity contribution is 0.103. The molecule has 1 aromatic heterocycles. The fraction of sp³-hybridized carbons (Fsp3) is 0.231. The highest BCUT2D eigenvalue weighted by Gasteiger charge is 2.17. The van der Waals surface area contributed by atoms with Crippen molar-refractivity contribution < 1.29 is 13.9 Å². The van der Waals surface area contributed by atoms with E-state index < -0.39 is 11.7 Å². The second-order valence-corrected chi connectivity index (χ2v) is 5.39. The number of thiazole rings is 1. The first-order valence-corrected chi connectivity index (χ1v) is 6.82. The molecular formula is C13H15FN4O2S. The van der Waals surface area contributed by atoms with Crippen molar-refractivity contribution in [3.8, 4) is 5.75 Å². The fourth-order valence-corrected chi connectivity index (χ4v) is 2.41. The van der Waals surface area contributed by atoms with Gasteiger partial charge in [0.2, 0.25) is 0 Å². The molecule has 1 aromatic carbocycles. The van der Waals surface area contributed by atoms with Gasteiger partial charge in [0.1, 0.15) is 10.7 Å². The van der Waals surface area contributed by atoms with Crippen LogP contribution in [-0.4, -0.2) is 32.1 Å². The van der Waals surface area contributed by atoms with Crippen LogP contribution in [0.25, 0.3) is 0 Å². The maximum absolute atomic E-state index is 13.6. The molecule has 0 aliphatic rings. The summed E-state index contributed by atoms with van der Waals surface area (Å²) in [6, 6.07) is 4.16. The van der Waals surface area contributed by atoms with Gasteiger partial charge in [0.15, 0.2) is 16.7 Å². The topological polar surface area (TPSA) is 80.5 Å². The van der Waals surface area contributed by atoms with Crippen LogP contribution in [0.3, 0.4) is 0 Å². The number of amides is 1. The molecule has 0 saturated carbocycles. The number of nitrogens with two attached hydrogens (primary N) is 1. The lowest BCUT2D eigenvalue weighted by Gasteiger charge is -2.07. The van der Waals surface area contributed by atoms with Gasteiger partial charge in [0, 0.05) is 25.8 Å². The van der Waals surface area contributed by atoms with Crippen LogP contribution in [0, 0.1) is 5.82 Å². The number of methoxy groups -OCH3 is 1. The van der Waals surface area contributed by atoms with Crippen molar-refractivity contribution in [1.29, 1.82) is 0 Å². The number of nitrogen functional groups attached to an aromatic ring is 1. The van der Waals surface area contributed by atoms with E-state index in [1.165, 1.54) is 30.6 Å². The Hall–Kier alpha value is -2.35. The van der Waals surface area contributed by atoms with Crippen molar-refractivity contribution in [3.05, 3.63) is 28.9 Å². The summed E-state index contributed by atoms with van der Waals surface area (Å²) in [5.41, 5.74) is 6.04. The van der Waals surface area contributed by atoms with Gasteiger partial charge in [-0.05, 0) is 12.1 Å². The van der Waals surface area contributed by atoms with E-state index in [2.05, 4.69) is 10.3 Å². The maximum atomic E-state index is 13.6. The first-order valence-electron chi connectivity index (χ1n) is 6.01. The molecule has 8 heteroatoms. The molecule has 0 fully saturated rings. The summed E-state index contributed by atoms with van der Waals surface area (Å²) in [6.07, 6.45) is 0. The molecule has 3 N–H and O–H groups in total. The lowest BCUT2D eigenvalue weighted by Crippen LogP contribution is -2.12. The maximum Gasteiger partial charge on any atom is 0.269 e. The van der Waals surface area contributed by atoms with Crippen molar-refractivity contribution in [1.82, 2.24) is 4.98 Å². The third-order valence-electron chi connectivity index (χ3n) is 2.64. The number of ether oxygens (including phenoxy) is 1. The number of aromatic nitrogens is 1. The number of hydrogen-bond donors (Lipinski definition) is 2. The Kier molecular flexibility index (Phi) is 4.27. The van der Waals surface area contributed by atoms with Crippen molar-refractivity contribution >= 4 is 33.9 Å². The van der Waals surface area contributed by atoms with Crippen LogP contribution >= 0.6 is 11.3 Å². The molecule has 112 valence electrons. The molecule has 1 amide bonds. The van der Waals surface area contributed by atoms with Gasteiger partial charge in [-0.3, -0.25) is 4.79 Å². The van der Waals surface area contributed by atoms with Gasteiger partial charge in [-0.1, -0.05) is 11.3 Å². The van der Waals surface area contributed by atoms with Crippen LogP contribution in [0.5, 0.6) is 5.75 Å². The van der Waals surface area contributed by atoms with E-state index in [0.717, 1.165) is 0 Å². The van der Waals surface area contributed by atoms with Crippen molar-refractivity contribution in [3.63, 3.8) is 0 Å². The highest BCUT2D eigenvalue weighted by Crippen LogP contribution is 2.28. The summed E-state index contributed by atoms with van der Waals surface area (Å²) in [7, 11) is 4.98. The third kappa shape index (κ3) is 3.22. The normalized spacial score (nSPS) is 10.3. The van der Waals surface area contributed by atoms with Crippen LogP contribution < -0.4 is 20.7 Å². The minimum atomic E-state index is -0.554. The van der Waals surface area contributed by atoms with Crippen molar-refractivity contribution in [2.24, 2.45) is 0 Å². The van der Waals surface area contributed by atoms with E-state index >= 15 is 0 Å². The van der Waals surface area contributed by atoms with E-state index in [-0.39, 0.29) is 16.4 Å². The number of halogens is 1. The van der Waals surface area contributed by atoms with Gasteiger partial charge < -0.3 is 20.7 Å². The zero-order chi connectivity index (χ0) is 15.6. The van der Waals surface area contributed by atoms with Crippen molar-refractivity contribution in [2.75, 3.05) is 37.2 Å². The molecule has 2 aromatic rings. The minimum Gasteiger partial charge on any atom is -0.494 e. The SMILES string of the molecule is COc1ccc(NC(=O)c2sc(N(C)C)nc2N)cc1F. The second kappa shape index (κ2) is 5.96. The standard InChI is InChI=1S/C13H15FN4O2S/c1-18(2)13-17-11(15)10(21-13)12(19)16-7-4-5-9(20-3)8(14)6-7/h4-6H,15H2,1-3H3,(H,16,19). The molecule has 2 rings (SSSR count). The first kappa shape index (κ1) is 15.0. The molecule has 6 nitrogen and oxygen atoms in total. The van der Waals surface area contributed by atoms with Gasteiger partial charge in [-0.15, -0.1) is 0 Å². The quantitative estimate of drug-likeness (QED) is 0.905. The van der Waals surface area contributed by atoms with Gasteiger partial charge in [-0.25, -0.2) is 9.37 Å². The summed E-state index contributed by atoms with van der Waals surface area (Å²) in [5.74, 6) is -0.723. The van der Waals surface area contributed by atoms with E-state index in [9.17, 15) is 9.18 Å². The summed E-state index contributed by atoms with van der Waals surface area (Å²) in [6.45, 7) is 0. The molecule has 0 spiro atoms. The van der Waals surface area contributed by atoms with E-state index in [1.807, 2.05) is 0 Å². The largest absolute Gasteiger partial charge is 0.494 e. The number of carbonyl (C=O) groups excluding carboxylic acids is 1. The average molecular weight is 310 g/mol. The molecule has 0 unspecified atom stereocenters. The molecular weight excluding hydrogens is 295 g/mol. The van der Waals surface area contributed by atoms with E-state index in [0.29, 0.717) is 10.8 Å². The number of rotatable bonds is 4. The van der Waals surface area contributed by atoms with Gasteiger partial charge >= 0.3 is 0 Å².